The van der Waals surface area contributed by atoms with Crippen molar-refractivity contribution in [3.05, 3.63) is 64.2 Å². The van der Waals surface area contributed by atoms with Gasteiger partial charge in [0.15, 0.2) is 0 Å². The normalized spacial score (nSPS) is 13.9. The number of ether oxygens (including phenoxy) is 1. The molecule has 232 valence electrons. The summed E-state index contributed by atoms with van der Waals surface area (Å²) in [7, 11) is 0. The van der Waals surface area contributed by atoms with Crippen molar-refractivity contribution in [1.29, 1.82) is 0 Å². The lowest BCUT2D eigenvalue weighted by Gasteiger charge is -2.40. The van der Waals surface area contributed by atoms with Crippen LogP contribution < -0.4 is 10.6 Å². The van der Waals surface area contributed by atoms with Gasteiger partial charge < -0.3 is 20.3 Å². The largest absolute Gasteiger partial charge is 0.444 e. The van der Waals surface area contributed by atoms with Crippen molar-refractivity contribution in [2.75, 3.05) is 5.32 Å². The molecule has 42 heavy (non-hydrogen) atoms. The number of hydrogen-bond donors (Lipinski definition) is 2. The summed E-state index contributed by atoms with van der Waals surface area (Å²) in [5.41, 5.74) is 4.67. The predicted octanol–water partition coefficient (Wildman–Crippen LogP) is 7.80. The van der Waals surface area contributed by atoms with Crippen molar-refractivity contribution in [2.24, 2.45) is 11.8 Å². The van der Waals surface area contributed by atoms with Gasteiger partial charge in [0.1, 0.15) is 17.7 Å². The fourth-order valence-corrected chi connectivity index (χ4v) is 5.11. The quantitative estimate of drug-likeness (QED) is 0.284. The van der Waals surface area contributed by atoms with Crippen LogP contribution in [-0.4, -0.2) is 40.5 Å². The van der Waals surface area contributed by atoms with Crippen LogP contribution in [0.4, 0.5) is 10.5 Å². The highest BCUT2D eigenvalue weighted by Crippen LogP contribution is 2.33. The molecule has 0 bridgehead atoms. The van der Waals surface area contributed by atoms with Gasteiger partial charge in [-0.1, -0.05) is 64.1 Å². The summed E-state index contributed by atoms with van der Waals surface area (Å²) in [4.78, 5) is 43.7. The topological polar surface area (TPSA) is 87.7 Å². The molecular weight excluding hydrogens is 526 g/mol. The first-order valence-electron chi connectivity index (χ1n) is 15.2. The SMILES string of the molecule is Cc1cccc(C(C(=O)Nc2c(C)cccc2C)N(C(=O)C(NC(=O)OC(C)(C)C)C(C)C)C(C)CCC(C)C)c1C. The summed E-state index contributed by atoms with van der Waals surface area (Å²) in [6.07, 6.45) is 0.931. The van der Waals surface area contributed by atoms with E-state index in [1.165, 1.54) is 0 Å². The zero-order valence-corrected chi connectivity index (χ0v) is 27.8. The van der Waals surface area contributed by atoms with Gasteiger partial charge in [-0.25, -0.2) is 4.79 Å². The standard InChI is InChI=1S/C35H53N3O4/c1-21(2)19-20-26(8)38(33(40)29(22(3)4)37-34(41)42-35(10,11)12)31(28-18-14-15-23(5)27(28)9)32(39)36-30-24(6)16-13-17-25(30)7/h13-18,21-22,26,29,31H,19-20H2,1-12H3,(H,36,39)(H,37,41). The first kappa shape index (κ1) is 34.8. The molecule has 3 unspecified atom stereocenters. The van der Waals surface area contributed by atoms with Crippen LogP contribution in [-0.2, 0) is 14.3 Å². The number of benzene rings is 2. The maximum atomic E-state index is 14.6. The number of aryl methyl sites for hydroxylation is 3. The first-order chi connectivity index (χ1) is 19.4. The zero-order chi connectivity index (χ0) is 31.9. The Morgan fingerprint density at radius 3 is 1.90 bits per heavy atom. The molecule has 0 heterocycles. The zero-order valence-electron chi connectivity index (χ0n) is 27.8. The highest BCUT2D eigenvalue weighted by molar-refractivity contribution is 6.00. The molecule has 0 spiro atoms. The van der Waals surface area contributed by atoms with E-state index >= 15 is 0 Å². The molecule has 2 N–H and O–H groups in total. The number of nitrogens with zero attached hydrogens (tertiary/aromatic N) is 1. The maximum absolute atomic E-state index is 14.6. The number of alkyl carbamates (subject to hydrolysis) is 1. The lowest BCUT2D eigenvalue weighted by molar-refractivity contribution is -0.144. The third kappa shape index (κ3) is 9.33. The van der Waals surface area contributed by atoms with E-state index in [1.807, 2.05) is 84.9 Å². The number of para-hydroxylation sites is 1. The van der Waals surface area contributed by atoms with Crippen molar-refractivity contribution < 1.29 is 19.1 Å². The van der Waals surface area contributed by atoms with Crippen LogP contribution in [0.3, 0.4) is 0 Å². The average molecular weight is 580 g/mol. The predicted molar refractivity (Wildman–Crippen MR) is 172 cm³/mol. The molecule has 0 aliphatic rings. The average Bonchev–Trinajstić information content (AvgIpc) is 2.87. The van der Waals surface area contributed by atoms with Crippen molar-refractivity contribution in [3.8, 4) is 0 Å². The van der Waals surface area contributed by atoms with Gasteiger partial charge >= 0.3 is 6.09 Å². The molecular formula is C35H53N3O4. The minimum atomic E-state index is -0.916. The molecule has 0 aliphatic heterocycles. The summed E-state index contributed by atoms with van der Waals surface area (Å²) >= 11 is 0. The minimum Gasteiger partial charge on any atom is -0.444 e. The number of nitrogens with one attached hydrogen (secondary N) is 2. The van der Waals surface area contributed by atoms with E-state index in [4.69, 9.17) is 4.74 Å². The Kier molecular flexibility index (Phi) is 12.2. The van der Waals surface area contributed by atoms with Crippen LogP contribution in [0.2, 0.25) is 0 Å². The monoisotopic (exact) mass is 579 g/mol. The van der Waals surface area contributed by atoms with Crippen LogP contribution in [0, 0.1) is 39.5 Å². The summed E-state index contributed by atoms with van der Waals surface area (Å²) in [6, 6.07) is 9.66. The van der Waals surface area contributed by atoms with Crippen LogP contribution in [0.1, 0.15) is 102 Å². The molecule has 2 rings (SSSR count). The number of hydrogen-bond acceptors (Lipinski definition) is 4. The van der Waals surface area contributed by atoms with Gasteiger partial charge in [0.2, 0.25) is 5.91 Å². The molecule has 2 aromatic carbocycles. The lowest BCUT2D eigenvalue weighted by atomic mass is 9.91. The van der Waals surface area contributed by atoms with Gasteiger partial charge in [-0.3, -0.25) is 9.59 Å². The van der Waals surface area contributed by atoms with Gasteiger partial charge in [0, 0.05) is 11.7 Å². The highest BCUT2D eigenvalue weighted by Gasteiger charge is 2.40. The smallest absolute Gasteiger partial charge is 0.408 e. The van der Waals surface area contributed by atoms with Crippen LogP contribution >= 0.6 is 0 Å². The molecule has 7 heteroatoms. The molecule has 3 amide bonds. The van der Waals surface area contributed by atoms with E-state index in [0.29, 0.717) is 12.3 Å². The number of amides is 3. The summed E-state index contributed by atoms with van der Waals surface area (Å²) in [5, 5.41) is 6.00. The molecule has 0 saturated heterocycles. The van der Waals surface area contributed by atoms with Gasteiger partial charge in [-0.05, 0) is 108 Å². The Morgan fingerprint density at radius 1 is 0.833 bits per heavy atom. The van der Waals surface area contributed by atoms with Gasteiger partial charge in [0.25, 0.3) is 5.91 Å². The second kappa shape index (κ2) is 14.7. The maximum Gasteiger partial charge on any atom is 0.408 e. The van der Waals surface area contributed by atoms with Gasteiger partial charge in [0.05, 0.1) is 0 Å². The summed E-state index contributed by atoms with van der Waals surface area (Å²) in [6.45, 7) is 23.3. The molecule has 2 aromatic rings. The van der Waals surface area contributed by atoms with E-state index in [-0.39, 0.29) is 23.8 Å². The second-order valence-corrected chi connectivity index (χ2v) is 13.4. The highest BCUT2D eigenvalue weighted by atomic mass is 16.6. The Balaban J connectivity index is 2.72. The fraction of sp³-hybridized carbons (Fsp3) is 0.571. The van der Waals surface area contributed by atoms with Crippen LogP contribution in [0.15, 0.2) is 36.4 Å². The number of carbonyl (C=O) groups excluding carboxylic acids is 3. The van der Waals surface area contributed by atoms with Gasteiger partial charge in [-0.2, -0.15) is 0 Å². The molecule has 7 nitrogen and oxygen atoms in total. The summed E-state index contributed by atoms with van der Waals surface area (Å²) in [5.74, 6) is -0.418. The molecule has 0 fully saturated rings. The molecule has 0 aliphatic carbocycles. The number of rotatable bonds is 11. The summed E-state index contributed by atoms with van der Waals surface area (Å²) < 4.78 is 5.52. The Hall–Kier alpha value is -3.35. The first-order valence-corrected chi connectivity index (χ1v) is 15.2. The lowest BCUT2D eigenvalue weighted by Crippen LogP contribution is -2.56. The van der Waals surface area contributed by atoms with Crippen molar-refractivity contribution in [3.63, 3.8) is 0 Å². The van der Waals surface area contributed by atoms with Crippen LogP contribution in [0.25, 0.3) is 0 Å². The van der Waals surface area contributed by atoms with E-state index < -0.39 is 23.8 Å². The van der Waals surface area contributed by atoms with Crippen molar-refractivity contribution in [2.45, 2.75) is 120 Å². The van der Waals surface area contributed by atoms with Crippen molar-refractivity contribution in [1.82, 2.24) is 10.2 Å². The van der Waals surface area contributed by atoms with Gasteiger partial charge in [-0.15, -0.1) is 0 Å². The molecule has 3 atom stereocenters. The Morgan fingerprint density at radius 2 is 1.38 bits per heavy atom. The molecule has 0 radical (unpaired) electrons. The third-order valence-corrected chi connectivity index (χ3v) is 7.69. The van der Waals surface area contributed by atoms with Crippen molar-refractivity contribution >= 4 is 23.6 Å². The van der Waals surface area contributed by atoms with E-state index in [1.54, 1.807) is 25.7 Å². The third-order valence-electron chi connectivity index (χ3n) is 7.69. The number of anilines is 1. The second-order valence-electron chi connectivity index (χ2n) is 13.4. The fourth-order valence-electron chi connectivity index (χ4n) is 5.11. The molecule has 0 saturated carbocycles. The van der Waals surface area contributed by atoms with E-state index in [0.717, 1.165) is 39.9 Å². The number of carbonyl (C=O) groups is 3. The van der Waals surface area contributed by atoms with E-state index in [9.17, 15) is 14.4 Å². The van der Waals surface area contributed by atoms with Crippen LogP contribution in [0.5, 0.6) is 0 Å². The Labute approximate surface area is 253 Å². The van der Waals surface area contributed by atoms with E-state index in [2.05, 4.69) is 24.5 Å². The Bertz CT molecular complexity index is 1230. The molecule has 0 aromatic heterocycles. The minimum absolute atomic E-state index is 0.245.